The third-order valence-electron chi connectivity index (χ3n) is 4.22. The van der Waals surface area contributed by atoms with Crippen LogP contribution in [0.5, 0.6) is 17.2 Å². The van der Waals surface area contributed by atoms with E-state index in [1.807, 2.05) is 30.3 Å². The normalized spacial score (nSPS) is 12.8. The second-order valence-corrected chi connectivity index (χ2v) is 6.42. The van der Waals surface area contributed by atoms with E-state index in [2.05, 4.69) is 21.7 Å². The van der Waals surface area contributed by atoms with Gasteiger partial charge < -0.3 is 24.8 Å². The molecule has 0 saturated carbocycles. The number of aliphatic imine (C=N–C) groups is 1. The summed E-state index contributed by atoms with van der Waals surface area (Å²) in [6, 6.07) is 11.8. The van der Waals surface area contributed by atoms with Gasteiger partial charge in [0.15, 0.2) is 17.5 Å². The fraction of sp³-hybridized carbons (Fsp3) is 0.350. The maximum atomic E-state index is 6.29. The number of hydrogen-bond acceptors (Lipinski definition) is 4. The van der Waals surface area contributed by atoms with Crippen molar-refractivity contribution in [3.05, 3.63) is 52.5 Å². The van der Waals surface area contributed by atoms with E-state index in [0.717, 1.165) is 35.8 Å². The number of rotatable bonds is 6. The summed E-state index contributed by atoms with van der Waals surface area (Å²) in [6.07, 6.45) is 0.834. The monoisotopic (exact) mass is 517 g/mol. The molecule has 0 amide bonds. The summed E-state index contributed by atoms with van der Waals surface area (Å²) in [5.74, 6) is 2.92. The van der Waals surface area contributed by atoms with Gasteiger partial charge in [-0.25, -0.2) is 0 Å². The molecule has 0 aliphatic carbocycles. The minimum atomic E-state index is 0. The Balaban J connectivity index is 0.00000280. The fourth-order valence-electron chi connectivity index (χ4n) is 2.90. The lowest BCUT2D eigenvalue weighted by Crippen LogP contribution is -2.37. The average Bonchev–Trinajstić information content (AvgIpc) is 2.71. The highest BCUT2D eigenvalue weighted by Gasteiger charge is 2.16. The van der Waals surface area contributed by atoms with E-state index in [-0.39, 0.29) is 24.0 Å². The molecule has 28 heavy (non-hydrogen) atoms. The quantitative estimate of drug-likeness (QED) is 0.348. The number of nitrogens with one attached hydrogen (secondary N) is 2. The Morgan fingerprint density at radius 2 is 1.96 bits per heavy atom. The smallest absolute Gasteiger partial charge is 0.191 e. The summed E-state index contributed by atoms with van der Waals surface area (Å²) in [4.78, 5) is 4.26. The van der Waals surface area contributed by atoms with Gasteiger partial charge in [0.25, 0.3) is 0 Å². The summed E-state index contributed by atoms with van der Waals surface area (Å²) in [5, 5.41) is 7.16. The molecule has 152 valence electrons. The van der Waals surface area contributed by atoms with Gasteiger partial charge in [-0.05, 0) is 35.7 Å². The highest BCUT2D eigenvalue weighted by atomic mass is 127. The van der Waals surface area contributed by atoms with Gasteiger partial charge in [0.1, 0.15) is 19.0 Å². The van der Waals surface area contributed by atoms with Gasteiger partial charge in [0, 0.05) is 20.1 Å². The summed E-state index contributed by atoms with van der Waals surface area (Å²) in [7, 11) is 3.43. The van der Waals surface area contributed by atoms with Crippen LogP contribution in [0, 0.1) is 0 Å². The maximum absolute atomic E-state index is 6.29. The molecule has 2 aromatic rings. The number of hydrogen-bond donors (Lipinski definition) is 2. The number of benzene rings is 2. The second kappa shape index (κ2) is 11.2. The van der Waals surface area contributed by atoms with Crippen molar-refractivity contribution in [2.45, 2.75) is 13.0 Å². The molecule has 6 nitrogen and oxygen atoms in total. The Labute approximate surface area is 187 Å². The predicted molar refractivity (Wildman–Crippen MR) is 123 cm³/mol. The zero-order valence-electron chi connectivity index (χ0n) is 16.0. The molecule has 2 N–H and O–H groups in total. The molecule has 0 atom stereocenters. The lowest BCUT2D eigenvalue weighted by Gasteiger charge is -2.20. The number of ether oxygens (including phenoxy) is 3. The van der Waals surface area contributed by atoms with Crippen LogP contribution in [0.4, 0.5) is 0 Å². The summed E-state index contributed by atoms with van der Waals surface area (Å²) < 4.78 is 16.5. The predicted octanol–water partition coefficient (Wildman–Crippen LogP) is 3.65. The van der Waals surface area contributed by atoms with Crippen LogP contribution in [-0.4, -0.2) is 39.9 Å². The van der Waals surface area contributed by atoms with Crippen molar-refractivity contribution in [1.82, 2.24) is 10.6 Å². The van der Waals surface area contributed by atoms with Gasteiger partial charge >= 0.3 is 0 Å². The van der Waals surface area contributed by atoms with Gasteiger partial charge in [0.05, 0.1) is 12.1 Å². The number of guanidine groups is 1. The van der Waals surface area contributed by atoms with Crippen molar-refractivity contribution >= 4 is 41.5 Å². The van der Waals surface area contributed by atoms with Gasteiger partial charge in [0.2, 0.25) is 0 Å². The van der Waals surface area contributed by atoms with Crippen LogP contribution in [0.3, 0.4) is 0 Å². The Bertz CT molecular complexity index is 817. The molecule has 0 fully saturated rings. The van der Waals surface area contributed by atoms with Gasteiger partial charge in [-0.3, -0.25) is 4.99 Å². The molecule has 0 spiro atoms. The highest BCUT2D eigenvalue weighted by Crippen LogP contribution is 2.38. The zero-order valence-corrected chi connectivity index (χ0v) is 19.0. The minimum absolute atomic E-state index is 0. The van der Waals surface area contributed by atoms with E-state index >= 15 is 0 Å². The number of para-hydroxylation sites is 1. The van der Waals surface area contributed by atoms with Crippen molar-refractivity contribution in [2.24, 2.45) is 4.99 Å². The van der Waals surface area contributed by atoms with Gasteiger partial charge in [-0.15, -0.1) is 24.0 Å². The second-order valence-electron chi connectivity index (χ2n) is 6.02. The number of methoxy groups -OCH3 is 1. The topological polar surface area (TPSA) is 64.1 Å². The third kappa shape index (κ3) is 5.81. The fourth-order valence-corrected chi connectivity index (χ4v) is 3.19. The maximum Gasteiger partial charge on any atom is 0.191 e. The van der Waals surface area contributed by atoms with E-state index in [1.165, 1.54) is 0 Å². The number of halogens is 2. The van der Waals surface area contributed by atoms with Crippen molar-refractivity contribution in [3.63, 3.8) is 0 Å². The summed E-state index contributed by atoms with van der Waals surface area (Å²) in [6.45, 7) is 2.37. The lowest BCUT2D eigenvalue weighted by atomic mass is 10.1. The first-order valence-electron chi connectivity index (χ1n) is 8.85. The molecule has 1 aliphatic rings. The van der Waals surface area contributed by atoms with Crippen LogP contribution in [-0.2, 0) is 13.0 Å². The lowest BCUT2D eigenvalue weighted by molar-refractivity contribution is 0.171. The molecule has 0 aromatic heterocycles. The molecule has 3 rings (SSSR count). The van der Waals surface area contributed by atoms with E-state index in [9.17, 15) is 0 Å². The van der Waals surface area contributed by atoms with Crippen LogP contribution in [0.25, 0.3) is 0 Å². The Hall–Kier alpha value is -1.87. The van der Waals surface area contributed by atoms with E-state index in [4.69, 9.17) is 25.8 Å². The van der Waals surface area contributed by atoms with Crippen molar-refractivity contribution in [3.8, 4) is 17.2 Å². The first-order valence-corrected chi connectivity index (χ1v) is 9.23. The van der Waals surface area contributed by atoms with Crippen LogP contribution < -0.4 is 24.8 Å². The molecule has 0 unspecified atom stereocenters. The number of fused-ring (bicyclic) bond motifs is 1. The van der Waals surface area contributed by atoms with E-state index in [0.29, 0.717) is 36.3 Å². The third-order valence-corrected chi connectivity index (χ3v) is 4.50. The summed E-state index contributed by atoms with van der Waals surface area (Å²) in [5.41, 5.74) is 2.15. The van der Waals surface area contributed by atoms with Crippen molar-refractivity contribution in [1.29, 1.82) is 0 Å². The zero-order chi connectivity index (χ0) is 19.1. The van der Waals surface area contributed by atoms with Gasteiger partial charge in [-0.1, -0.05) is 29.8 Å². The molecular weight excluding hydrogens is 493 g/mol. The highest BCUT2D eigenvalue weighted by molar-refractivity contribution is 14.0. The molecule has 1 aliphatic heterocycles. The minimum Gasteiger partial charge on any atom is -0.496 e. The van der Waals surface area contributed by atoms with E-state index in [1.54, 1.807) is 14.2 Å². The van der Waals surface area contributed by atoms with Crippen LogP contribution >= 0.6 is 35.6 Å². The van der Waals surface area contributed by atoms with Crippen LogP contribution in [0.1, 0.15) is 11.1 Å². The molecule has 0 bridgehead atoms. The largest absolute Gasteiger partial charge is 0.496 e. The molecule has 8 heteroatoms. The Morgan fingerprint density at radius 1 is 1.18 bits per heavy atom. The van der Waals surface area contributed by atoms with Crippen LogP contribution in [0.2, 0.25) is 5.02 Å². The summed E-state index contributed by atoms with van der Waals surface area (Å²) >= 11 is 6.29. The van der Waals surface area contributed by atoms with Crippen LogP contribution in [0.15, 0.2) is 41.4 Å². The molecule has 0 radical (unpaired) electrons. The van der Waals surface area contributed by atoms with Gasteiger partial charge in [-0.2, -0.15) is 0 Å². The van der Waals surface area contributed by atoms with Crippen molar-refractivity contribution < 1.29 is 14.2 Å². The van der Waals surface area contributed by atoms with Crippen molar-refractivity contribution in [2.75, 3.05) is 33.9 Å². The molecular formula is C20H25ClIN3O3. The SMILES string of the molecule is CN=C(NCCc1ccccc1OC)NCc1cc(Cl)c2c(c1)OCCO2.I. The Kier molecular flexibility index (Phi) is 8.98. The first-order chi connectivity index (χ1) is 13.2. The average molecular weight is 518 g/mol. The first kappa shape index (κ1) is 22.4. The molecule has 1 heterocycles. The Morgan fingerprint density at radius 3 is 2.75 bits per heavy atom. The standard InChI is InChI=1S/C20H24ClN3O3.HI/c1-22-20(23-8-7-15-5-3-4-6-17(15)25-2)24-13-14-11-16(21)19-18(12-14)26-9-10-27-19;/h3-6,11-12H,7-10,13H2,1-2H3,(H2,22,23,24);1H. The molecule has 0 saturated heterocycles. The van der Waals surface area contributed by atoms with E-state index < -0.39 is 0 Å². The molecule has 2 aromatic carbocycles. The number of nitrogens with zero attached hydrogens (tertiary/aromatic N) is 1.